The van der Waals surface area contributed by atoms with Crippen molar-refractivity contribution in [3.63, 3.8) is 0 Å². The van der Waals surface area contributed by atoms with Crippen molar-refractivity contribution in [1.82, 2.24) is 0 Å². The van der Waals surface area contributed by atoms with E-state index in [0.717, 1.165) is 5.75 Å². The third kappa shape index (κ3) is 6.64. The van der Waals surface area contributed by atoms with E-state index in [2.05, 4.69) is 0 Å². The Morgan fingerprint density at radius 3 is 2.00 bits per heavy atom. The highest BCUT2D eigenvalue weighted by Gasteiger charge is 2.10. The summed E-state index contributed by atoms with van der Waals surface area (Å²) in [5.41, 5.74) is 0.660. The molecule has 0 amide bonds. The summed E-state index contributed by atoms with van der Waals surface area (Å²) >= 11 is 0. The molecule has 0 unspecified atom stereocenters. The van der Waals surface area contributed by atoms with Crippen LogP contribution in [-0.2, 0) is 9.53 Å². The van der Waals surface area contributed by atoms with Crippen LogP contribution in [0.15, 0.2) is 42.5 Å². The number of hydrogen-bond acceptors (Lipinski definition) is 7. The average Bonchev–Trinajstić information content (AvgIpc) is 2.75. The summed E-state index contributed by atoms with van der Waals surface area (Å²) in [5, 5.41) is 0. The Morgan fingerprint density at radius 2 is 1.41 bits per heavy atom. The molecule has 7 heteroatoms. The van der Waals surface area contributed by atoms with Gasteiger partial charge in [0.2, 0.25) is 0 Å². The van der Waals surface area contributed by atoms with Crippen molar-refractivity contribution in [3.05, 3.63) is 48.0 Å². The molecule has 0 atom stereocenters. The quantitative estimate of drug-likeness (QED) is 0.322. The van der Waals surface area contributed by atoms with E-state index in [-0.39, 0.29) is 13.2 Å². The van der Waals surface area contributed by atoms with Gasteiger partial charge >= 0.3 is 5.97 Å². The van der Waals surface area contributed by atoms with E-state index < -0.39 is 5.97 Å². The minimum absolute atomic E-state index is 0.124. The Balaban J connectivity index is 1.85. The first kappa shape index (κ1) is 21.9. The van der Waals surface area contributed by atoms with E-state index in [0.29, 0.717) is 35.2 Å². The van der Waals surface area contributed by atoms with Gasteiger partial charge in [-0.15, -0.1) is 0 Å². The second-order valence-corrected chi connectivity index (χ2v) is 5.70. The lowest BCUT2D eigenvalue weighted by Gasteiger charge is -2.12. The molecule has 0 aliphatic heterocycles. The topological polar surface area (TPSA) is 72.5 Å². The summed E-state index contributed by atoms with van der Waals surface area (Å²) in [6.45, 7) is 2.90. The Hall–Kier alpha value is -3.35. The summed E-state index contributed by atoms with van der Waals surface area (Å²) in [6.07, 6.45) is 2.91. The highest BCUT2D eigenvalue weighted by atomic mass is 16.6. The largest absolute Gasteiger partial charge is 0.496 e. The molecule has 7 nitrogen and oxygen atoms in total. The van der Waals surface area contributed by atoms with Gasteiger partial charge in [-0.3, -0.25) is 0 Å². The van der Waals surface area contributed by atoms with Gasteiger partial charge in [-0.1, -0.05) is 0 Å². The van der Waals surface area contributed by atoms with E-state index >= 15 is 0 Å². The van der Waals surface area contributed by atoms with Crippen molar-refractivity contribution in [2.75, 3.05) is 41.2 Å². The van der Waals surface area contributed by atoms with Crippen molar-refractivity contribution in [2.24, 2.45) is 0 Å². The maximum atomic E-state index is 11.9. The smallest absolute Gasteiger partial charge is 0.330 e. The molecule has 2 rings (SSSR count). The predicted molar refractivity (Wildman–Crippen MR) is 109 cm³/mol. The van der Waals surface area contributed by atoms with Crippen LogP contribution in [0.5, 0.6) is 28.7 Å². The standard InChI is InChI=1S/C22H26O7/c1-5-27-17-7-9-18(10-8-17)28-12-13-29-22(23)11-6-16-14-20(25-3)21(26-4)15-19(16)24-2/h6-11,14-15H,5,12-13H2,1-4H3/b11-6+. The molecule has 0 aliphatic rings. The zero-order valence-corrected chi connectivity index (χ0v) is 17.1. The molecule has 0 heterocycles. The first-order chi connectivity index (χ1) is 14.1. The van der Waals surface area contributed by atoms with Gasteiger partial charge in [0.25, 0.3) is 0 Å². The fourth-order valence-corrected chi connectivity index (χ4v) is 2.49. The van der Waals surface area contributed by atoms with Crippen LogP contribution in [-0.4, -0.2) is 47.1 Å². The Labute approximate surface area is 170 Å². The first-order valence-electron chi connectivity index (χ1n) is 9.11. The van der Waals surface area contributed by atoms with E-state index in [1.165, 1.54) is 20.3 Å². The van der Waals surface area contributed by atoms with Crippen LogP contribution in [0.3, 0.4) is 0 Å². The molecular weight excluding hydrogens is 376 g/mol. The number of carbonyl (C=O) groups is 1. The summed E-state index contributed by atoms with van der Waals surface area (Å²) in [4.78, 5) is 11.9. The molecule has 0 radical (unpaired) electrons. The minimum Gasteiger partial charge on any atom is -0.496 e. The van der Waals surface area contributed by atoms with Crippen molar-refractivity contribution in [3.8, 4) is 28.7 Å². The highest BCUT2D eigenvalue weighted by molar-refractivity contribution is 5.87. The van der Waals surface area contributed by atoms with Crippen LogP contribution in [0.25, 0.3) is 6.08 Å². The lowest BCUT2D eigenvalue weighted by molar-refractivity contribution is -0.138. The first-order valence-corrected chi connectivity index (χ1v) is 9.11. The van der Waals surface area contributed by atoms with Crippen molar-refractivity contribution < 1.29 is 33.2 Å². The molecular formula is C22H26O7. The third-order valence-corrected chi connectivity index (χ3v) is 3.87. The van der Waals surface area contributed by atoms with Gasteiger partial charge in [0.1, 0.15) is 30.5 Å². The highest BCUT2D eigenvalue weighted by Crippen LogP contribution is 2.35. The minimum atomic E-state index is -0.489. The summed E-state index contributed by atoms with van der Waals surface area (Å²) < 4.78 is 31.9. The third-order valence-electron chi connectivity index (χ3n) is 3.87. The molecule has 156 valence electrons. The van der Waals surface area contributed by atoms with Crippen LogP contribution < -0.4 is 23.7 Å². The van der Waals surface area contributed by atoms with Gasteiger partial charge in [0, 0.05) is 17.7 Å². The number of methoxy groups -OCH3 is 3. The maximum Gasteiger partial charge on any atom is 0.330 e. The monoisotopic (exact) mass is 402 g/mol. The van der Waals surface area contributed by atoms with Crippen LogP contribution in [0.2, 0.25) is 0 Å². The second-order valence-electron chi connectivity index (χ2n) is 5.70. The predicted octanol–water partition coefficient (Wildman–Crippen LogP) is 3.75. The maximum absolute atomic E-state index is 11.9. The molecule has 0 saturated carbocycles. The Kier molecular flexibility index (Phi) is 8.69. The zero-order chi connectivity index (χ0) is 21.1. The van der Waals surface area contributed by atoms with Gasteiger partial charge in [-0.05, 0) is 43.3 Å². The normalized spacial score (nSPS) is 10.5. The van der Waals surface area contributed by atoms with Gasteiger partial charge < -0.3 is 28.4 Å². The van der Waals surface area contributed by atoms with Gasteiger partial charge in [0.05, 0.1) is 27.9 Å². The number of carbonyl (C=O) groups excluding carboxylic acids is 1. The Bertz CT molecular complexity index is 813. The van der Waals surface area contributed by atoms with Crippen LogP contribution >= 0.6 is 0 Å². The van der Waals surface area contributed by atoms with Gasteiger partial charge in [0.15, 0.2) is 11.5 Å². The lowest BCUT2D eigenvalue weighted by Crippen LogP contribution is -2.10. The summed E-state index contributed by atoms with van der Waals surface area (Å²) in [6, 6.07) is 10.7. The van der Waals surface area contributed by atoms with E-state index in [9.17, 15) is 4.79 Å². The second kappa shape index (κ2) is 11.5. The SMILES string of the molecule is CCOc1ccc(OCCOC(=O)/C=C/c2cc(OC)c(OC)cc2OC)cc1. The molecule has 0 aromatic heterocycles. The molecule has 2 aromatic rings. The molecule has 29 heavy (non-hydrogen) atoms. The van der Waals surface area contributed by atoms with Gasteiger partial charge in [-0.2, -0.15) is 0 Å². The average molecular weight is 402 g/mol. The van der Waals surface area contributed by atoms with Crippen molar-refractivity contribution >= 4 is 12.0 Å². The van der Waals surface area contributed by atoms with Crippen LogP contribution in [0.4, 0.5) is 0 Å². The van der Waals surface area contributed by atoms with Gasteiger partial charge in [-0.25, -0.2) is 4.79 Å². The van der Waals surface area contributed by atoms with Crippen LogP contribution in [0, 0.1) is 0 Å². The molecule has 0 aliphatic carbocycles. The van der Waals surface area contributed by atoms with Crippen molar-refractivity contribution in [2.45, 2.75) is 6.92 Å². The van der Waals surface area contributed by atoms with E-state index in [4.69, 9.17) is 28.4 Å². The zero-order valence-electron chi connectivity index (χ0n) is 17.1. The number of rotatable bonds is 11. The number of esters is 1. The lowest BCUT2D eigenvalue weighted by atomic mass is 10.1. The molecule has 0 fully saturated rings. The molecule has 0 spiro atoms. The van der Waals surface area contributed by atoms with E-state index in [1.807, 2.05) is 19.1 Å². The summed E-state index contributed by atoms with van der Waals surface area (Å²) in [7, 11) is 4.62. The summed E-state index contributed by atoms with van der Waals surface area (Å²) in [5.74, 6) is 2.58. The van der Waals surface area contributed by atoms with E-state index in [1.54, 1.807) is 37.5 Å². The van der Waals surface area contributed by atoms with Crippen LogP contribution in [0.1, 0.15) is 12.5 Å². The Morgan fingerprint density at radius 1 is 0.828 bits per heavy atom. The molecule has 2 aromatic carbocycles. The molecule has 0 N–H and O–H groups in total. The number of hydrogen-bond donors (Lipinski definition) is 0. The fraction of sp³-hybridized carbons (Fsp3) is 0.318. The molecule has 0 saturated heterocycles. The molecule has 0 bridgehead atoms. The number of benzene rings is 2. The van der Waals surface area contributed by atoms with Crippen molar-refractivity contribution in [1.29, 1.82) is 0 Å². The number of ether oxygens (including phenoxy) is 6. The fourth-order valence-electron chi connectivity index (χ4n) is 2.49.